The number of amides is 2. The van der Waals surface area contributed by atoms with Crippen LogP contribution in [0.15, 0.2) is 48.5 Å². The second-order valence-electron chi connectivity index (χ2n) is 7.35. The van der Waals surface area contributed by atoms with Crippen LogP contribution in [0.2, 0.25) is 0 Å². The fraction of sp³-hybridized carbons (Fsp3) is 0.333. The number of anilines is 2. The first kappa shape index (κ1) is 21.6. The van der Waals surface area contributed by atoms with Crippen molar-refractivity contribution in [3.05, 3.63) is 59.7 Å². The van der Waals surface area contributed by atoms with E-state index >= 15 is 0 Å². The summed E-state index contributed by atoms with van der Waals surface area (Å²) in [5.41, 5.74) is 6.01. The van der Waals surface area contributed by atoms with Gasteiger partial charge in [0.05, 0.1) is 31.7 Å². The Morgan fingerprint density at radius 1 is 1.10 bits per heavy atom. The number of nitrogens with two attached hydrogens (primary N) is 1. The minimum Gasteiger partial charge on any atom is -0.366 e. The zero-order chi connectivity index (χ0) is 21.9. The van der Waals surface area contributed by atoms with Crippen molar-refractivity contribution >= 4 is 23.2 Å². The van der Waals surface area contributed by atoms with E-state index in [0.717, 1.165) is 17.0 Å². The van der Waals surface area contributed by atoms with E-state index in [-0.39, 0.29) is 11.9 Å². The highest BCUT2D eigenvalue weighted by molar-refractivity contribution is 5.95. The number of nitrogens with zero attached hydrogens (tertiary/aromatic N) is 1. The summed E-state index contributed by atoms with van der Waals surface area (Å²) in [6, 6.07) is 11.3. The fourth-order valence-electron chi connectivity index (χ4n) is 3.52. The van der Waals surface area contributed by atoms with Crippen LogP contribution in [0.4, 0.5) is 24.5 Å². The van der Waals surface area contributed by atoms with Gasteiger partial charge in [-0.2, -0.15) is 13.2 Å². The molecule has 3 rings (SSSR count). The number of hydrogen-bond acceptors (Lipinski definition) is 3. The molecular formula is C21H24F3N4O2+. The molecule has 2 aromatic rings. The van der Waals surface area contributed by atoms with Crippen molar-refractivity contribution in [3.8, 4) is 0 Å². The SMILES string of the molecule is C[C@H](C(=O)Nc1ccc(C(N)=O)cc1)[NH+]1CCN(c2cccc(C(F)(F)F)c2)CC1. The topological polar surface area (TPSA) is 79.9 Å². The number of piperazine rings is 1. The number of nitrogens with one attached hydrogen (secondary N) is 2. The van der Waals surface area contributed by atoms with Crippen LogP contribution in [0.5, 0.6) is 0 Å². The maximum Gasteiger partial charge on any atom is 0.416 e. The molecule has 2 aromatic carbocycles. The van der Waals surface area contributed by atoms with Crippen LogP contribution < -0.4 is 20.9 Å². The Kier molecular flexibility index (Phi) is 6.31. The number of rotatable bonds is 5. The molecule has 160 valence electrons. The zero-order valence-corrected chi connectivity index (χ0v) is 16.5. The Morgan fingerprint density at radius 2 is 1.73 bits per heavy atom. The third-order valence-corrected chi connectivity index (χ3v) is 5.39. The number of carbonyl (C=O) groups is 2. The first-order chi connectivity index (χ1) is 14.1. The van der Waals surface area contributed by atoms with E-state index in [4.69, 9.17) is 5.73 Å². The van der Waals surface area contributed by atoms with Gasteiger partial charge < -0.3 is 20.9 Å². The van der Waals surface area contributed by atoms with Gasteiger partial charge in [0, 0.05) is 16.9 Å². The lowest BCUT2D eigenvalue weighted by atomic mass is 10.1. The maximum absolute atomic E-state index is 12.9. The molecule has 1 aliphatic heterocycles. The predicted octanol–water partition coefficient (Wildman–Crippen LogP) is 1.54. The van der Waals surface area contributed by atoms with E-state index < -0.39 is 17.6 Å². The van der Waals surface area contributed by atoms with Crippen LogP contribution in [0, 0.1) is 0 Å². The molecule has 0 unspecified atom stereocenters. The van der Waals surface area contributed by atoms with Crippen molar-refractivity contribution in [1.29, 1.82) is 0 Å². The summed E-state index contributed by atoms with van der Waals surface area (Å²) in [4.78, 5) is 26.7. The van der Waals surface area contributed by atoms with Gasteiger partial charge in [-0.25, -0.2) is 0 Å². The van der Waals surface area contributed by atoms with Gasteiger partial charge in [-0.1, -0.05) is 6.07 Å². The fourth-order valence-corrected chi connectivity index (χ4v) is 3.52. The average molecular weight is 421 g/mol. The molecule has 1 atom stereocenters. The van der Waals surface area contributed by atoms with Crippen LogP contribution in [0.3, 0.4) is 0 Å². The van der Waals surface area contributed by atoms with Gasteiger partial charge >= 0.3 is 6.18 Å². The molecule has 0 radical (unpaired) electrons. The summed E-state index contributed by atoms with van der Waals surface area (Å²) in [7, 11) is 0. The maximum atomic E-state index is 12.9. The van der Waals surface area contributed by atoms with Gasteiger partial charge in [-0.15, -0.1) is 0 Å². The summed E-state index contributed by atoms with van der Waals surface area (Å²) in [5.74, 6) is -0.700. The molecular weight excluding hydrogens is 397 g/mol. The van der Waals surface area contributed by atoms with E-state index in [2.05, 4.69) is 5.32 Å². The summed E-state index contributed by atoms with van der Waals surface area (Å²) < 4.78 is 38.8. The summed E-state index contributed by atoms with van der Waals surface area (Å²) in [6.45, 7) is 4.20. The molecule has 0 spiro atoms. The van der Waals surface area contributed by atoms with Crippen molar-refractivity contribution in [2.75, 3.05) is 36.4 Å². The number of alkyl halides is 3. The van der Waals surface area contributed by atoms with Gasteiger partial charge in [0.2, 0.25) is 5.91 Å². The molecule has 1 fully saturated rings. The quantitative estimate of drug-likeness (QED) is 0.685. The highest BCUT2D eigenvalue weighted by atomic mass is 19.4. The number of benzene rings is 2. The third kappa shape index (κ3) is 5.10. The number of halogens is 3. The van der Waals surface area contributed by atoms with Crippen molar-refractivity contribution in [3.63, 3.8) is 0 Å². The van der Waals surface area contributed by atoms with E-state index in [1.807, 2.05) is 11.8 Å². The first-order valence-corrected chi connectivity index (χ1v) is 9.62. The minimum atomic E-state index is -4.37. The van der Waals surface area contributed by atoms with Gasteiger partial charge in [0.1, 0.15) is 0 Å². The predicted molar refractivity (Wildman–Crippen MR) is 107 cm³/mol. The molecule has 6 nitrogen and oxygen atoms in total. The molecule has 1 aliphatic rings. The molecule has 30 heavy (non-hydrogen) atoms. The normalized spacial score (nSPS) is 16.2. The molecule has 2 amide bonds. The number of hydrogen-bond donors (Lipinski definition) is 3. The molecule has 9 heteroatoms. The van der Waals surface area contributed by atoms with Crippen LogP contribution in [0.25, 0.3) is 0 Å². The Balaban J connectivity index is 1.56. The molecule has 1 heterocycles. The lowest BCUT2D eigenvalue weighted by Gasteiger charge is -2.36. The van der Waals surface area contributed by atoms with E-state index in [1.165, 1.54) is 6.07 Å². The summed E-state index contributed by atoms with van der Waals surface area (Å²) in [6.07, 6.45) is -4.37. The molecule has 4 N–H and O–H groups in total. The number of primary amides is 1. The van der Waals surface area contributed by atoms with E-state index in [9.17, 15) is 22.8 Å². The Bertz CT molecular complexity index is 907. The lowest BCUT2D eigenvalue weighted by Crippen LogP contribution is -3.19. The summed E-state index contributed by atoms with van der Waals surface area (Å²) >= 11 is 0. The van der Waals surface area contributed by atoms with Crippen molar-refractivity contribution < 1.29 is 27.7 Å². The monoisotopic (exact) mass is 421 g/mol. The van der Waals surface area contributed by atoms with Crippen LogP contribution in [-0.4, -0.2) is 44.0 Å². The van der Waals surface area contributed by atoms with E-state index in [0.29, 0.717) is 43.1 Å². The Labute approximate surface area is 172 Å². The number of quaternary nitrogens is 1. The van der Waals surface area contributed by atoms with Crippen LogP contribution in [-0.2, 0) is 11.0 Å². The van der Waals surface area contributed by atoms with Gasteiger partial charge in [-0.05, 0) is 49.4 Å². The highest BCUT2D eigenvalue weighted by Gasteiger charge is 2.32. The first-order valence-electron chi connectivity index (χ1n) is 9.62. The Morgan fingerprint density at radius 3 is 2.30 bits per heavy atom. The zero-order valence-electron chi connectivity index (χ0n) is 16.5. The largest absolute Gasteiger partial charge is 0.416 e. The molecule has 0 bridgehead atoms. The second kappa shape index (κ2) is 8.74. The molecule has 0 aromatic heterocycles. The molecule has 1 saturated heterocycles. The van der Waals surface area contributed by atoms with Crippen LogP contribution >= 0.6 is 0 Å². The smallest absolute Gasteiger partial charge is 0.366 e. The van der Waals surface area contributed by atoms with Crippen LogP contribution in [0.1, 0.15) is 22.8 Å². The number of carbonyl (C=O) groups excluding carboxylic acids is 2. The summed E-state index contributed by atoms with van der Waals surface area (Å²) in [5, 5.41) is 2.82. The highest BCUT2D eigenvalue weighted by Crippen LogP contribution is 2.31. The van der Waals surface area contributed by atoms with Crippen molar-refractivity contribution in [2.24, 2.45) is 5.73 Å². The minimum absolute atomic E-state index is 0.163. The second-order valence-corrected chi connectivity index (χ2v) is 7.35. The van der Waals surface area contributed by atoms with Crippen molar-refractivity contribution in [2.45, 2.75) is 19.1 Å². The van der Waals surface area contributed by atoms with Gasteiger partial charge in [0.25, 0.3) is 5.91 Å². The Hall–Kier alpha value is -3.07. The van der Waals surface area contributed by atoms with Gasteiger partial charge in [-0.3, -0.25) is 9.59 Å². The molecule has 0 aliphatic carbocycles. The van der Waals surface area contributed by atoms with E-state index in [1.54, 1.807) is 30.3 Å². The lowest BCUT2D eigenvalue weighted by molar-refractivity contribution is -0.914. The van der Waals surface area contributed by atoms with Gasteiger partial charge in [0.15, 0.2) is 6.04 Å². The standard InChI is InChI=1S/C21H23F3N4O2/c1-14(20(30)26-17-7-5-15(6-8-17)19(25)29)27-9-11-28(12-10-27)18-4-2-3-16(13-18)21(22,23)24/h2-8,13-14H,9-12H2,1H3,(H2,25,29)(H,26,30)/p+1/t14-/m1/s1. The third-order valence-electron chi connectivity index (χ3n) is 5.39. The van der Waals surface area contributed by atoms with Crippen molar-refractivity contribution in [1.82, 2.24) is 0 Å². The molecule has 0 saturated carbocycles. The average Bonchev–Trinajstić information content (AvgIpc) is 2.73.